The molecule has 3 aromatic carbocycles. The van der Waals surface area contributed by atoms with E-state index in [0.717, 1.165) is 12.0 Å². The Kier molecular flexibility index (Phi) is 5.79. The Labute approximate surface area is 205 Å². The van der Waals surface area contributed by atoms with Crippen LogP contribution < -0.4 is 14.7 Å². The molecule has 0 aliphatic carbocycles. The molecule has 2 heterocycles. The number of phenolic OH excluding ortho intramolecular Hbond substituents is 1. The fraction of sp³-hybridized carbons (Fsp3) is 0.231. The highest BCUT2D eigenvalue weighted by Gasteiger charge is 2.60. The number of rotatable bonds is 5. The summed E-state index contributed by atoms with van der Waals surface area (Å²) in [6, 6.07) is 19.5. The molecule has 0 aromatic heterocycles. The fourth-order valence-corrected chi connectivity index (χ4v) is 5.07. The van der Waals surface area contributed by atoms with Gasteiger partial charge in [-0.15, -0.1) is 0 Å². The zero-order chi connectivity index (χ0) is 24.0. The predicted octanol–water partition coefficient (Wildman–Crippen LogP) is 4.78. The lowest BCUT2D eigenvalue weighted by molar-refractivity contribution is -0.126. The van der Waals surface area contributed by atoms with Gasteiger partial charge in [-0.25, -0.2) is 9.96 Å². The zero-order valence-electron chi connectivity index (χ0n) is 18.6. The molecule has 5 rings (SSSR count). The molecule has 2 saturated heterocycles. The largest absolute Gasteiger partial charge is 0.503 e. The van der Waals surface area contributed by atoms with Crippen molar-refractivity contribution in [1.82, 2.24) is 0 Å². The van der Waals surface area contributed by atoms with Crippen molar-refractivity contribution in [2.75, 3.05) is 17.1 Å². The Hall–Kier alpha value is -3.36. The molecule has 2 amide bonds. The van der Waals surface area contributed by atoms with Crippen molar-refractivity contribution in [3.05, 3.63) is 82.3 Å². The number of hydrogen-bond donors (Lipinski definition) is 1. The van der Waals surface area contributed by atoms with Crippen molar-refractivity contribution in [3.63, 3.8) is 0 Å². The molecule has 0 bridgehead atoms. The minimum atomic E-state index is -0.970. The molecular formula is C26H23BrN2O5. The van der Waals surface area contributed by atoms with E-state index >= 15 is 0 Å². The first-order chi connectivity index (χ1) is 16.4. The number of aromatic hydroxyl groups is 1. The number of phenols is 1. The van der Waals surface area contributed by atoms with E-state index in [0.29, 0.717) is 21.4 Å². The number of halogens is 1. The maximum absolute atomic E-state index is 13.7. The number of ether oxygens (including phenoxy) is 1. The molecule has 3 atom stereocenters. The van der Waals surface area contributed by atoms with E-state index < -0.39 is 24.0 Å². The zero-order valence-corrected chi connectivity index (χ0v) is 20.2. The minimum absolute atomic E-state index is 0.0422. The second-order valence-corrected chi connectivity index (χ2v) is 9.10. The maximum atomic E-state index is 13.7. The second kappa shape index (κ2) is 8.77. The van der Waals surface area contributed by atoms with Crippen LogP contribution in [0.15, 0.2) is 71.2 Å². The predicted molar refractivity (Wildman–Crippen MR) is 131 cm³/mol. The van der Waals surface area contributed by atoms with E-state index in [1.54, 1.807) is 29.3 Å². The van der Waals surface area contributed by atoms with Crippen LogP contribution in [0.25, 0.3) is 0 Å². The van der Waals surface area contributed by atoms with Gasteiger partial charge in [0.1, 0.15) is 5.92 Å². The van der Waals surface area contributed by atoms with Gasteiger partial charge in [-0.1, -0.05) is 37.3 Å². The van der Waals surface area contributed by atoms with Crippen LogP contribution in [0.5, 0.6) is 11.5 Å². The van der Waals surface area contributed by atoms with Crippen LogP contribution in [0.3, 0.4) is 0 Å². The van der Waals surface area contributed by atoms with Crippen LogP contribution in [0, 0.1) is 5.92 Å². The lowest BCUT2D eigenvalue weighted by atomic mass is 9.90. The molecule has 3 aromatic rings. The Bertz CT molecular complexity index is 1250. The molecule has 8 heteroatoms. The van der Waals surface area contributed by atoms with Gasteiger partial charge in [0, 0.05) is 0 Å². The Morgan fingerprint density at radius 2 is 1.71 bits per heavy atom. The Morgan fingerprint density at radius 1 is 1.00 bits per heavy atom. The van der Waals surface area contributed by atoms with E-state index in [1.165, 1.54) is 12.0 Å². The summed E-state index contributed by atoms with van der Waals surface area (Å²) >= 11 is 3.37. The third-order valence-electron chi connectivity index (χ3n) is 6.34. The van der Waals surface area contributed by atoms with E-state index in [4.69, 9.17) is 9.57 Å². The smallest absolute Gasteiger partial charge is 0.266 e. The molecular weight excluding hydrogens is 500 g/mol. The third-order valence-corrected chi connectivity index (χ3v) is 6.95. The number of aryl methyl sites for hydroxylation is 1. The standard InChI is InChI=1S/C26H23BrN2O5/c1-3-15-9-11-17(12-10-15)28-25(31)21-22(16-13-19(27)23(30)20(14-16)33-2)29(34-24(21)26(28)32)18-7-5-4-6-8-18/h4-14,21-22,24,30H,3H2,1-2H3/t21-,22-,24-/m1/s1. The summed E-state index contributed by atoms with van der Waals surface area (Å²) in [4.78, 5) is 34.5. The number of benzene rings is 3. The van der Waals surface area contributed by atoms with Crippen molar-refractivity contribution >= 4 is 39.1 Å². The van der Waals surface area contributed by atoms with Gasteiger partial charge in [0.15, 0.2) is 17.6 Å². The lowest BCUT2D eigenvalue weighted by Crippen LogP contribution is -2.37. The molecule has 0 saturated carbocycles. The van der Waals surface area contributed by atoms with E-state index in [1.807, 2.05) is 49.4 Å². The first-order valence-corrected chi connectivity index (χ1v) is 11.8. The molecule has 0 radical (unpaired) electrons. The summed E-state index contributed by atoms with van der Waals surface area (Å²) in [6.45, 7) is 2.05. The molecule has 0 unspecified atom stereocenters. The van der Waals surface area contributed by atoms with Gasteiger partial charge in [-0.2, -0.15) is 0 Å². The number of hydrogen-bond acceptors (Lipinski definition) is 6. The SMILES string of the molecule is CCc1ccc(N2C(=O)[C@@H]3[C@@H](c4cc(Br)c(O)c(OC)c4)N(c4ccccc4)O[C@H]3C2=O)cc1. The van der Waals surface area contributed by atoms with Crippen LogP contribution >= 0.6 is 15.9 Å². The van der Waals surface area contributed by atoms with Crippen LogP contribution in [0.4, 0.5) is 11.4 Å². The number of amides is 2. The van der Waals surface area contributed by atoms with Crippen molar-refractivity contribution < 1.29 is 24.3 Å². The van der Waals surface area contributed by atoms with Crippen LogP contribution in [-0.2, 0) is 20.8 Å². The first-order valence-electron chi connectivity index (χ1n) is 11.0. The third kappa shape index (κ3) is 3.54. The first kappa shape index (κ1) is 22.4. The summed E-state index contributed by atoms with van der Waals surface area (Å²) in [6.07, 6.45) is -0.107. The topological polar surface area (TPSA) is 79.3 Å². The van der Waals surface area contributed by atoms with Crippen molar-refractivity contribution in [3.8, 4) is 11.5 Å². The highest BCUT2D eigenvalue weighted by atomic mass is 79.9. The molecule has 34 heavy (non-hydrogen) atoms. The molecule has 2 aliphatic heterocycles. The number of carbonyl (C=O) groups is 2. The molecule has 7 nitrogen and oxygen atoms in total. The van der Waals surface area contributed by atoms with E-state index in [9.17, 15) is 14.7 Å². The maximum Gasteiger partial charge on any atom is 0.266 e. The summed E-state index contributed by atoms with van der Waals surface area (Å²) in [5.41, 5.74) is 3.03. The summed E-state index contributed by atoms with van der Waals surface area (Å²) in [5, 5.41) is 11.9. The quantitative estimate of drug-likeness (QED) is 0.486. The van der Waals surface area contributed by atoms with Crippen molar-refractivity contribution in [1.29, 1.82) is 0 Å². The second-order valence-electron chi connectivity index (χ2n) is 8.24. The Morgan fingerprint density at radius 3 is 2.35 bits per heavy atom. The van der Waals surface area contributed by atoms with Gasteiger partial charge in [0.05, 0.1) is 29.0 Å². The van der Waals surface area contributed by atoms with Gasteiger partial charge in [0.2, 0.25) is 5.91 Å². The monoisotopic (exact) mass is 522 g/mol. The summed E-state index contributed by atoms with van der Waals surface area (Å²) in [7, 11) is 1.46. The number of methoxy groups -OCH3 is 1. The average Bonchev–Trinajstić information content (AvgIpc) is 3.37. The van der Waals surface area contributed by atoms with Gasteiger partial charge >= 0.3 is 0 Å². The number of imide groups is 1. The molecule has 1 N–H and O–H groups in total. The van der Waals surface area contributed by atoms with Gasteiger partial charge in [0.25, 0.3) is 5.91 Å². The van der Waals surface area contributed by atoms with Gasteiger partial charge in [-0.05, 0) is 69.9 Å². The molecule has 2 fully saturated rings. The van der Waals surface area contributed by atoms with Crippen LogP contribution in [-0.4, -0.2) is 30.1 Å². The fourth-order valence-electron chi connectivity index (χ4n) is 4.61. The summed E-state index contributed by atoms with van der Waals surface area (Å²) in [5.74, 6) is -1.29. The van der Waals surface area contributed by atoms with Crippen LogP contribution in [0.2, 0.25) is 0 Å². The highest BCUT2D eigenvalue weighted by Crippen LogP contribution is 2.49. The minimum Gasteiger partial charge on any atom is -0.503 e. The number of fused-ring (bicyclic) bond motifs is 1. The number of carbonyl (C=O) groups excluding carboxylic acids is 2. The molecule has 174 valence electrons. The summed E-state index contributed by atoms with van der Waals surface area (Å²) < 4.78 is 5.76. The number of para-hydroxylation sites is 1. The van der Waals surface area contributed by atoms with Gasteiger partial charge in [-0.3, -0.25) is 14.4 Å². The number of hydroxylamine groups is 1. The lowest BCUT2D eigenvalue weighted by Gasteiger charge is -2.29. The normalized spacial score (nSPS) is 21.8. The number of nitrogens with zero attached hydrogens (tertiary/aromatic N) is 2. The van der Waals surface area contributed by atoms with Crippen molar-refractivity contribution in [2.45, 2.75) is 25.5 Å². The Balaban J connectivity index is 1.60. The average molecular weight is 523 g/mol. The van der Waals surface area contributed by atoms with Gasteiger partial charge < -0.3 is 9.84 Å². The highest BCUT2D eigenvalue weighted by molar-refractivity contribution is 9.10. The molecule has 0 spiro atoms. The van der Waals surface area contributed by atoms with Crippen molar-refractivity contribution in [2.24, 2.45) is 5.92 Å². The van der Waals surface area contributed by atoms with Crippen LogP contribution in [0.1, 0.15) is 24.1 Å². The number of anilines is 2. The van der Waals surface area contributed by atoms with E-state index in [-0.39, 0.29) is 17.4 Å². The molecule has 2 aliphatic rings. The van der Waals surface area contributed by atoms with E-state index in [2.05, 4.69) is 15.9 Å².